The highest BCUT2D eigenvalue weighted by Crippen LogP contribution is 2.34. The number of hydrogen-bond acceptors (Lipinski definition) is 6. The molecule has 0 saturated carbocycles. The van der Waals surface area contributed by atoms with Crippen molar-refractivity contribution in [3.8, 4) is 28.3 Å². The third-order valence-electron chi connectivity index (χ3n) is 4.24. The van der Waals surface area contributed by atoms with Crippen LogP contribution in [0.15, 0.2) is 54.7 Å². The van der Waals surface area contributed by atoms with E-state index in [9.17, 15) is 9.59 Å². The first-order chi connectivity index (χ1) is 14.1. The highest BCUT2D eigenvalue weighted by Gasteiger charge is 2.22. The third kappa shape index (κ3) is 4.37. The van der Waals surface area contributed by atoms with E-state index in [-0.39, 0.29) is 12.3 Å². The van der Waals surface area contributed by atoms with E-state index in [1.54, 1.807) is 36.2 Å². The van der Waals surface area contributed by atoms with Gasteiger partial charge in [-0.3, -0.25) is 4.79 Å². The van der Waals surface area contributed by atoms with E-state index in [0.29, 0.717) is 22.6 Å². The molecule has 0 atom stereocenters. The molecular formula is C21H21N3O5. The van der Waals surface area contributed by atoms with E-state index in [0.717, 1.165) is 5.69 Å². The number of amides is 1. The lowest BCUT2D eigenvalue weighted by molar-refractivity contribution is -0.123. The number of aromatic nitrogens is 2. The number of para-hydroxylation sites is 1. The normalized spacial score (nSPS) is 10.3. The Kier molecular flexibility index (Phi) is 6.13. The van der Waals surface area contributed by atoms with Crippen LogP contribution in [0.5, 0.6) is 11.5 Å². The average Bonchev–Trinajstić information content (AvgIpc) is 3.22. The number of benzene rings is 2. The largest absolute Gasteiger partial charge is 0.493 e. The monoisotopic (exact) mass is 395 g/mol. The van der Waals surface area contributed by atoms with Gasteiger partial charge in [-0.05, 0) is 29.8 Å². The summed E-state index contributed by atoms with van der Waals surface area (Å²) in [6.45, 7) is -0.390. The Bertz CT molecular complexity index is 1010. The minimum Gasteiger partial charge on any atom is -0.493 e. The van der Waals surface area contributed by atoms with Gasteiger partial charge < -0.3 is 19.5 Å². The molecule has 0 saturated heterocycles. The molecule has 150 valence electrons. The van der Waals surface area contributed by atoms with Crippen molar-refractivity contribution in [1.29, 1.82) is 0 Å². The fourth-order valence-corrected chi connectivity index (χ4v) is 2.72. The van der Waals surface area contributed by atoms with Gasteiger partial charge in [-0.15, -0.1) is 0 Å². The lowest BCUT2D eigenvalue weighted by Gasteiger charge is -2.09. The molecule has 3 rings (SSSR count). The van der Waals surface area contributed by atoms with Gasteiger partial charge in [0.1, 0.15) is 0 Å². The van der Waals surface area contributed by atoms with Crippen LogP contribution in [0.1, 0.15) is 10.5 Å². The minimum atomic E-state index is -0.701. The van der Waals surface area contributed by atoms with E-state index in [2.05, 4.69) is 10.4 Å². The standard InChI is InChI=1S/C21H21N3O5/c1-22-19(25)13-29-21(26)20-16(12-24(23-20)15-7-5-4-6-8-15)14-9-10-17(27-2)18(11-14)28-3/h4-12H,13H2,1-3H3,(H,22,25). The quantitative estimate of drug-likeness (QED) is 0.618. The minimum absolute atomic E-state index is 0.0879. The summed E-state index contributed by atoms with van der Waals surface area (Å²) < 4.78 is 17.3. The summed E-state index contributed by atoms with van der Waals surface area (Å²) in [7, 11) is 4.55. The molecule has 0 aliphatic heterocycles. The van der Waals surface area contributed by atoms with Gasteiger partial charge in [0.05, 0.1) is 19.9 Å². The molecule has 0 bridgehead atoms. The zero-order valence-electron chi connectivity index (χ0n) is 16.3. The number of rotatable bonds is 7. The summed E-state index contributed by atoms with van der Waals surface area (Å²) in [4.78, 5) is 24.1. The van der Waals surface area contributed by atoms with E-state index >= 15 is 0 Å². The highest BCUT2D eigenvalue weighted by molar-refractivity contribution is 5.96. The Morgan fingerprint density at radius 1 is 1.03 bits per heavy atom. The summed E-state index contributed by atoms with van der Waals surface area (Å²) in [6.07, 6.45) is 1.73. The van der Waals surface area contributed by atoms with Crippen molar-refractivity contribution in [2.45, 2.75) is 0 Å². The first-order valence-electron chi connectivity index (χ1n) is 8.82. The molecule has 0 radical (unpaired) electrons. The molecule has 3 aromatic rings. The molecule has 0 aliphatic carbocycles. The molecule has 2 aromatic carbocycles. The molecule has 0 fully saturated rings. The van der Waals surface area contributed by atoms with Crippen molar-refractivity contribution in [2.75, 3.05) is 27.9 Å². The van der Waals surface area contributed by atoms with Crippen LogP contribution >= 0.6 is 0 Å². The SMILES string of the molecule is CNC(=O)COC(=O)c1nn(-c2ccccc2)cc1-c1ccc(OC)c(OC)c1. The smallest absolute Gasteiger partial charge is 0.360 e. The van der Waals surface area contributed by atoms with Gasteiger partial charge in [0, 0.05) is 18.8 Å². The van der Waals surface area contributed by atoms with Gasteiger partial charge in [-0.2, -0.15) is 5.10 Å². The van der Waals surface area contributed by atoms with Crippen LogP contribution in [0.2, 0.25) is 0 Å². The van der Waals surface area contributed by atoms with E-state index in [1.807, 2.05) is 30.3 Å². The first kappa shape index (κ1) is 19.9. The van der Waals surface area contributed by atoms with E-state index in [1.165, 1.54) is 14.2 Å². The second-order valence-electron chi connectivity index (χ2n) is 5.99. The summed E-state index contributed by atoms with van der Waals surface area (Å²) in [5.74, 6) is -0.0286. The maximum Gasteiger partial charge on any atom is 0.360 e. The lowest BCUT2D eigenvalue weighted by atomic mass is 10.1. The number of carbonyl (C=O) groups is 2. The average molecular weight is 395 g/mol. The lowest BCUT2D eigenvalue weighted by Crippen LogP contribution is -2.25. The summed E-state index contributed by atoms with van der Waals surface area (Å²) in [5, 5.41) is 6.80. The number of methoxy groups -OCH3 is 2. The van der Waals surface area contributed by atoms with Crippen molar-refractivity contribution >= 4 is 11.9 Å². The van der Waals surface area contributed by atoms with Crippen LogP contribution in [0.25, 0.3) is 16.8 Å². The van der Waals surface area contributed by atoms with Gasteiger partial charge in [-0.1, -0.05) is 24.3 Å². The Labute approximate surface area is 168 Å². The number of likely N-dealkylation sites (N-methyl/N-ethyl adjacent to an activating group) is 1. The first-order valence-corrected chi connectivity index (χ1v) is 8.82. The predicted octanol–water partition coefficient (Wildman–Crippen LogP) is 2.46. The topological polar surface area (TPSA) is 91.7 Å². The molecule has 8 nitrogen and oxygen atoms in total. The fraction of sp³-hybridized carbons (Fsp3) is 0.190. The van der Waals surface area contributed by atoms with Crippen molar-refractivity contribution in [3.05, 3.63) is 60.4 Å². The maximum absolute atomic E-state index is 12.6. The number of nitrogens with one attached hydrogen (secondary N) is 1. The molecule has 8 heteroatoms. The van der Waals surface area contributed by atoms with Gasteiger partial charge in [0.25, 0.3) is 5.91 Å². The van der Waals surface area contributed by atoms with Crippen LogP contribution in [0.4, 0.5) is 0 Å². The van der Waals surface area contributed by atoms with Crippen LogP contribution in [0.3, 0.4) is 0 Å². The highest BCUT2D eigenvalue weighted by atomic mass is 16.5. The summed E-state index contributed by atoms with van der Waals surface area (Å²) >= 11 is 0. The number of nitrogens with zero attached hydrogens (tertiary/aromatic N) is 2. The van der Waals surface area contributed by atoms with Crippen LogP contribution in [-0.2, 0) is 9.53 Å². The van der Waals surface area contributed by atoms with Crippen molar-refractivity contribution < 1.29 is 23.8 Å². The molecule has 1 amide bonds. The third-order valence-corrected chi connectivity index (χ3v) is 4.24. The maximum atomic E-state index is 12.6. The van der Waals surface area contributed by atoms with Crippen molar-refractivity contribution in [1.82, 2.24) is 15.1 Å². The van der Waals surface area contributed by atoms with E-state index in [4.69, 9.17) is 14.2 Å². The summed E-state index contributed by atoms with van der Waals surface area (Å²) in [6, 6.07) is 14.7. The van der Waals surface area contributed by atoms with Crippen molar-refractivity contribution in [3.63, 3.8) is 0 Å². The molecule has 0 unspecified atom stereocenters. The Hall–Kier alpha value is -3.81. The Balaban J connectivity index is 2.05. The van der Waals surface area contributed by atoms with Crippen LogP contribution < -0.4 is 14.8 Å². The van der Waals surface area contributed by atoms with Gasteiger partial charge in [-0.25, -0.2) is 9.48 Å². The molecule has 0 aliphatic rings. The Morgan fingerprint density at radius 2 is 1.76 bits per heavy atom. The fourth-order valence-electron chi connectivity index (χ4n) is 2.72. The van der Waals surface area contributed by atoms with Crippen molar-refractivity contribution in [2.24, 2.45) is 0 Å². The van der Waals surface area contributed by atoms with Gasteiger partial charge in [0.2, 0.25) is 0 Å². The zero-order chi connectivity index (χ0) is 20.8. The molecule has 1 heterocycles. The molecule has 29 heavy (non-hydrogen) atoms. The van der Waals surface area contributed by atoms with Gasteiger partial charge in [0.15, 0.2) is 23.8 Å². The second kappa shape index (κ2) is 8.92. The molecule has 0 spiro atoms. The number of ether oxygens (including phenoxy) is 3. The van der Waals surface area contributed by atoms with Crippen LogP contribution in [0, 0.1) is 0 Å². The number of carbonyl (C=O) groups excluding carboxylic acids is 2. The predicted molar refractivity (Wildman–Crippen MR) is 106 cm³/mol. The van der Waals surface area contributed by atoms with Gasteiger partial charge >= 0.3 is 5.97 Å². The van der Waals surface area contributed by atoms with E-state index < -0.39 is 11.9 Å². The molecule has 1 N–H and O–H groups in total. The second-order valence-corrected chi connectivity index (χ2v) is 5.99. The number of hydrogen-bond donors (Lipinski definition) is 1. The molecular weight excluding hydrogens is 374 g/mol. The zero-order valence-corrected chi connectivity index (χ0v) is 16.3. The molecule has 1 aromatic heterocycles. The number of esters is 1. The van der Waals surface area contributed by atoms with Crippen LogP contribution in [-0.4, -0.2) is 49.5 Å². The Morgan fingerprint density at radius 3 is 2.41 bits per heavy atom. The summed E-state index contributed by atoms with van der Waals surface area (Å²) in [5.41, 5.74) is 2.10.